The molecule has 3 aliphatic rings. The van der Waals surface area contributed by atoms with Crippen LogP contribution in [0.15, 0.2) is 0 Å². The van der Waals surface area contributed by atoms with Gasteiger partial charge < -0.3 is 5.11 Å². The molecule has 1 nitrogen and oxygen atoms in total. The Balaban J connectivity index is 1.78. The highest BCUT2D eigenvalue weighted by Crippen LogP contribution is 2.72. The molecule has 1 heteroatoms. The first-order chi connectivity index (χ1) is 5.84. The maximum absolute atomic E-state index is 9.76. The van der Waals surface area contributed by atoms with E-state index in [-0.39, 0.29) is 6.10 Å². The Morgan fingerprint density at radius 1 is 1.00 bits per heavy atom. The molecule has 0 aromatic carbocycles. The Morgan fingerprint density at radius 2 is 1.75 bits per heavy atom. The van der Waals surface area contributed by atoms with Crippen molar-refractivity contribution in [1.82, 2.24) is 0 Å². The van der Waals surface area contributed by atoms with E-state index in [0.29, 0.717) is 5.41 Å². The number of hydrogen-bond acceptors (Lipinski definition) is 1. The monoisotopic (exact) mass is 166 g/mol. The first kappa shape index (κ1) is 7.37. The second kappa shape index (κ2) is 2.25. The smallest absolute Gasteiger partial charge is 0.0576 e. The summed E-state index contributed by atoms with van der Waals surface area (Å²) in [5, 5.41) is 9.76. The number of fused-ring (bicyclic) bond motifs is 3. The standard InChI is InChI=1S/C11H18O/c12-9-5-4-8-10(9)11(8)6-2-1-3-7-11/h8-10,12H,1-7H2. The highest BCUT2D eigenvalue weighted by atomic mass is 16.3. The predicted molar refractivity (Wildman–Crippen MR) is 47.7 cm³/mol. The minimum atomic E-state index is 0.0769. The van der Waals surface area contributed by atoms with E-state index in [2.05, 4.69) is 0 Å². The number of hydrogen-bond donors (Lipinski definition) is 1. The summed E-state index contributed by atoms with van der Waals surface area (Å²) in [4.78, 5) is 0. The van der Waals surface area contributed by atoms with E-state index in [1.54, 1.807) is 0 Å². The minimum Gasteiger partial charge on any atom is -0.393 e. The zero-order valence-electron chi connectivity index (χ0n) is 7.63. The van der Waals surface area contributed by atoms with Gasteiger partial charge in [0.1, 0.15) is 0 Å². The SMILES string of the molecule is OC1CCC2C1C21CCCCC1. The van der Waals surface area contributed by atoms with Gasteiger partial charge in [-0.05, 0) is 42.9 Å². The fourth-order valence-electron chi connectivity index (χ4n) is 4.17. The van der Waals surface area contributed by atoms with Crippen molar-refractivity contribution in [3.63, 3.8) is 0 Å². The van der Waals surface area contributed by atoms with E-state index in [9.17, 15) is 5.11 Å². The second-order valence-electron chi connectivity index (χ2n) is 5.07. The fraction of sp³-hybridized carbons (Fsp3) is 1.00. The van der Waals surface area contributed by atoms with Crippen LogP contribution in [0.3, 0.4) is 0 Å². The summed E-state index contributed by atoms with van der Waals surface area (Å²) >= 11 is 0. The topological polar surface area (TPSA) is 20.2 Å². The highest BCUT2D eigenvalue weighted by molar-refractivity contribution is 5.16. The summed E-state index contributed by atoms with van der Waals surface area (Å²) < 4.78 is 0. The first-order valence-corrected chi connectivity index (χ1v) is 5.53. The van der Waals surface area contributed by atoms with Gasteiger partial charge in [0.25, 0.3) is 0 Å². The molecule has 3 unspecified atom stereocenters. The Hall–Kier alpha value is -0.0400. The Kier molecular flexibility index (Phi) is 1.39. The molecule has 12 heavy (non-hydrogen) atoms. The van der Waals surface area contributed by atoms with E-state index in [4.69, 9.17) is 0 Å². The summed E-state index contributed by atoms with van der Waals surface area (Å²) in [6.45, 7) is 0. The van der Waals surface area contributed by atoms with Crippen LogP contribution in [0.1, 0.15) is 44.9 Å². The third kappa shape index (κ3) is 0.736. The molecule has 0 amide bonds. The van der Waals surface area contributed by atoms with Crippen LogP contribution < -0.4 is 0 Å². The van der Waals surface area contributed by atoms with Crippen molar-refractivity contribution in [2.45, 2.75) is 51.0 Å². The van der Waals surface area contributed by atoms with Gasteiger partial charge in [-0.2, -0.15) is 0 Å². The van der Waals surface area contributed by atoms with E-state index < -0.39 is 0 Å². The lowest BCUT2D eigenvalue weighted by molar-refractivity contribution is 0.116. The lowest BCUT2D eigenvalue weighted by atomic mass is 9.80. The van der Waals surface area contributed by atoms with Crippen molar-refractivity contribution in [2.75, 3.05) is 0 Å². The molecule has 0 saturated heterocycles. The Morgan fingerprint density at radius 3 is 2.33 bits per heavy atom. The van der Waals surface area contributed by atoms with E-state index in [1.165, 1.54) is 38.5 Å². The van der Waals surface area contributed by atoms with Gasteiger partial charge in [0.2, 0.25) is 0 Å². The van der Waals surface area contributed by atoms with Gasteiger partial charge in [-0.25, -0.2) is 0 Å². The first-order valence-electron chi connectivity index (χ1n) is 5.53. The van der Waals surface area contributed by atoms with Crippen molar-refractivity contribution in [3.05, 3.63) is 0 Å². The lowest BCUT2D eigenvalue weighted by Gasteiger charge is -2.26. The normalized spacial score (nSPS) is 49.2. The van der Waals surface area contributed by atoms with Gasteiger partial charge >= 0.3 is 0 Å². The average Bonchev–Trinajstić information content (AvgIpc) is 2.51. The van der Waals surface area contributed by atoms with Crippen LogP contribution in [0.5, 0.6) is 0 Å². The molecule has 0 aromatic heterocycles. The molecule has 0 aromatic rings. The molecule has 0 aliphatic heterocycles. The predicted octanol–water partition coefficient (Wildman–Crippen LogP) is 2.34. The zero-order valence-corrected chi connectivity index (χ0v) is 7.63. The van der Waals surface area contributed by atoms with Crippen molar-refractivity contribution >= 4 is 0 Å². The van der Waals surface area contributed by atoms with E-state index >= 15 is 0 Å². The number of aliphatic hydroxyl groups excluding tert-OH is 1. The molecule has 0 heterocycles. The fourth-order valence-corrected chi connectivity index (χ4v) is 4.17. The molecule has 68 valence electrons. The van der Waals surface area contributed by atoms with E-state index in [0.717, 1.165) is 18.3 Å². The van der Waals surface area contributed by atoms with Crippen LogP contribution >= 0.6 is 0 Å². The van der Waals surface area contributed by atoms with Crippen LogP contribution in [-0.2, 0) is 0 Å². The van der Waals surface area contributed by atoms with Crippen LogP contribution in [-0.4, -0.2) is 11.2 Å². The third-order valence-electron chi connectivity index (χ3n) is 4.70. The molecule has 3 saturated carbocycles. The van der Waals surface area contributed by atoms with Gasteiger partial charge in [-0.3, -0.25) is 0 Å². The molecule has 1 N–H and O–H groups in total. The number of rotatable bonds is 0. The van der Waals surface area contributed by atoms with Crippen molar-refractivity contribution in [1.29, 1.82) is 0 Å². The van der Waals surface area contributed by atoms with Gasteiger partial charge in [0.15, 0.2) is 0 Å². The average molecular weight is 166 g/mol. The summed E-state index contributed by atoms with van der Waals surface area (Å²) in [5.41, 5.74) is 0.663. The maximum atomic E-state index is 9.76. The van der Waals surface area contributed by atoms with Crippen LogP contribution in [0.25, 0.3) is 0 Å². The lowest BCUT2D eigenvalue weighted by Crippen LogP contribution is -2.19. The quantitative estimate of drug-likeness (QED) is 0.585. The molecule has 1 spiro atoms. The van der Waals surface area contributed by atoms with Crippen molar-refractivity contribution in [3.8, 4) is 0 Å². The van der Waals surface area contributed by atoms with Gasteiger partial charge in [-0.15, -0.1) is 0 Å². The van der Waals surface area contributed by atoms with Gasteiger partial charge in [0.05, 0.1) is 6.10 Å². The Labute approximate surface area is 74.2 Å². The van der Waals surface area contributed by atoms with Crippen molar-refractivity contribution < 1.29 is 5.11 Å². The van der Waals surface area contributed by atoms with Crippen LogP contribution in [0.4, 0.5) is 0 Å². The molecule has 3 fully saturated rings. The highest BCUT2D eigenvalue weighted by Gasteiger charge is 2.68. The molecular weight excluding hydrogens is 148 g/mol. The largest absolute Gasteiger partial charge is 0.393 e. The molecular formula is C11H18O. The second-order valence-corrected chi connectivity index (χ2v) is 5.07. The minimum absolute atomic E-state index is 0.0769. The Bertz CT molecular complexity index is 193. The maximum Gasteiger partial charge on any atom is 0.0576 e. The summed E-state index contributed by atoms with van der Waals surface area (Å²) in [6, 6.07) is 0. The molecule has 0 radical (unpaired) electrons. The van der Waals surface area contributed by atoms with Gasteiger partial charge in [0, 0.05) is 0 Å². The number of aliphatic hydroxyl groups is 1. The van der Waals surface area contributed by atoms with E-state index in [1.807, 2.05) is 0 Å². The molecule has 3 atom stereocenters. The molecule has 3 rings (SSSR count). The third-order valence-corrected chi connectivity index (χ3v) is 4.70. The van der Waals surface area contributed by atoms with Crippen LogP contribution in [0, 0.1) is 17.3 Å². The summed E-state index contributed by atoms with van der Waals surface area (Å²) in [6.07, 6.45) is 9.66. The molecule has 3 aliphatic carbocycles. The summed E-state index contributed by atoms with van der Waals surface area (Å²) in [7, 11) is 0. The van der Waals surface area contributed by atoms with Crippen molar-refractivity contribution in [2.24, 2.45) is 17.3 Å². The van der Waals surface area contributed by atoms with Gasteiger partial charge in [-0.1, -0.05) is 19.3 Å². The van der Waals surface area contributed by atoms with Crippen LogP contribution in [0.2, 0.25) is 0 Å². The summed E-state index contributed by atoms with van der Waals surface area (Å²) in [5.74, 6) is 1.67. The zero-order chi connectivity index (χ0) is 8.18. The molecule has 0 bridgehead atoms.